The Balaban J connectivity index is 2.73. The van der Waals surface area contributed by atoms with Gasteiger partial charge < -0.3 is 5.73 Å². The van der Waals surface area contributed by atoms with Crippen molar-refractivity contribution in [2.75, 3.05) is 12.0 Å². The summed E-state index contributed by atoms with van der Waals surface area (Å²) in [5.74, 6) is 0.453. The van der Waals surface area contributed by atoms with Crippen LogP contribution in [0, 0.1) is 5.82 Å². The van der Waals surface area contributed by atoms with E-state index < -0.39 is 0 Å². The largest absolute Gasteiger partial charge is 0.323 e. The molecule has 1 unspecified atom stereocenters. The van der Waals surface area contributed by atoms with E-state index in [-0.39, 0.29) is 11.9 Å². The first kappa shape index (κ1) is 9.48. The summed E-state index contributed by atoms with van der Waals surface area (Å²) < 4.78 is 12.6. The first-order valence-electron chi connectivity index (χ1n) is 3.59. The van der Waals surface area contributed by atoms with E-state index in [0.717, 1.165) is 11.3 Å². The van der Waals surface area contributed by atoms with Gasteiger partial charge in [-0.2, -0.15) is 11.8 Å². The average molecular weight is 186 g/mol. The highest BCUT2D eigenvalue weighted by Gasteiger charge is 2.05. The number of nitrogens with two attached hydrogens (primary N) is 1. The van der Waals surface area contributed by atoms with Crippen molar-refractivity contribution in [1.29, 1.82) is 0 Å². The maximum Gasteiger partial charge on any atom is 0.141 e. The lowest BCUT2D eigenvalue weighted by Crippen LogP contribution is -2.13. The molecule has 1 heterocycles. The number of rotatable bonds is 3. The normalized spacial score (nSPS) is 12.9. The topological polar surface area (TPSA) is 38.9 Å². The summed E-state index contributed by atoms with van der Waals surface area (Å²) in [4.78, 5) is 3.72. The molecule has 0 spiro atoms. The molecule has 4 heteroatoms. The van der Waals surface area contributed by atoms with Crippen molar-refractivity contribution in [1.82, 2.24) is 4.98 Å². The molecule has 1 atom stereocenters. The molecule has 0 bridgehead atoms. The van der Waals surface area contributed by atoms with Crippen molar-refractivity contribution in [3.8, 4) is 0 Å². The van der Waals surface area contributed by atoms with E-state index in [1.54, 1.807) is 18.0 Å². The van der Waals surface area contributed by atoms with Crippen LogP contribution in [0.1, 0.15) is 11.6 Å². The summed E-state index contributed by atoms with van der Waals surface area (Å²) in [6.45, 7) is 0. The SMILES string of the molecule is CSCC(N)c1cncc(F)c1. The van der Waals surface area contributed by atoms with Crippen LogP contribution in [-0.4, -0.2) is 17.0 Å². The third-order valence-electron chi connectivity index (χ3n) is 1.50. The fourth-order valence-electron chi connectivity index (χ4n) is 0.907. The summed E-state index contributed by atoms with van der Waals surface area (Å²) in [6, 6.07) is 1.30. The molecule has 0 radical (unpaired) electrons. The fourth-order valence-corrected chi connectivity index (χ4v) is 1.46. The molecule has 1 aromatic heterocycles. The Morgan fingerprint density at radius 2 is 2.42 bits per heavy atom. The lowest BCUT2D eigenvalue weighted by molar-refractivity contribution is 0.615. The molecule has 1 rings (SSSR count). The highest BCUT2D eigenvalue weighted by atomic mass is 32.2. The van der Waals surface area contributed by atoms with Crippen LogP contribution in [0.4, 0.5) is 4.39 Å². The van der Waals surface area contributed by atoms with Crippen LogP contribution in [0.15, 0.2) is 18.5 Å². The Hall–Kier alpha value is -0.610. The maximum absolute atomic E-state index is 12.6. The number of pyridine rings is 1. The van der Waals surface area contributed by atoms with Gasteiger partial charge in [-0.05, 0) is 17.9 Å². The first-order valence-corrected chi connectivity index (χ1v) is 4.98. The Morgan fingerprint density at radius 1 is 1.67 bits per heavy atom. The van der Waals surface area contributed by atoms with E-state index >= 15 is 0 Å². The number of hydrogen-bond donors (Lipinski definition) is 1. The summed E-state index contributed by atoms with van der Waals surface area (Å²) in [5, 5.41) is 0. The van der Waals surface area contributed by atoms with E-state index in [2.05, 4.69) is 4.98 Å². The van der Waals surface area contributed by atoms with E-state index in [4.69, 9.17) is 5.73 Å². The second-order valence-corrected chi connectivity index (χ2v) is 3.41. The summed E-state index contributed by atoms with van der Waals surface area (Å²) in [7, 11) is 0. The highest BCUT2D eigenvalue weighted by Crippen LogP contribution is 2.13. The van der Waals surface area contributed by atoms with Gasteiger partial charge in [0.2, 0.25) is 0 Å². The lowest BCUT2D eigenvalue weighted by atomic mass is 10.1. The van der Waals surface area contributed by atoms with Gasteiger partial charge in [0.05, 0.1) is 6.20 Å². The van der Waals surface area contributed by atoms with Gasteiger partial charge >= 0.3 is 0 Å². The molecule has 66 valence electrons. The molecule has 0 saturated carbocycles. The zero-order valence-corrected chi connectivity index (χ0v) is 7.64. The molecule has 0 aliphatic rings. The van der Waals surface area contributed by atoms with Gasteiger partial charge in [0, 0.05) is 18.0 Å². The van der Waals surface area contributed by atoms with Gasteiger partial charge in [-0.15, -0.1) is 0 Å². The van der Waals surface area contributed by atoms with Crippen LogP contribution >= 0.6 is 11.8 Å². The third kappa shape index (κ3) is 2.46. The maximum atomic E-state index is 12.6. The van der Waals surface area contributed by atoms with Crippen molar-refractivity contribution in [3.63, 3.8) is 0 Å². The van der Waals surface area contributed by atoms with Crippen molar-refractivity contribution in [3.05, 3.63) is 29.8 Å². The lowest BCUT2D eigenvalue weighted by Gasteiger charge is -2.08. The zero-order valence-electron chi connectivity index (χ0n) is 6.83. The molecule has 12 heavy (non-hydrogen) atoms. The van der Waals surface area contributed by atoms with Crippen molar-refractivity contribution in [2.24, 2.45) is 5.73 Å². The Labute approximate surface area is 75.4 Å². The van der Waals surface area contributed by atoms with Gasteiger partial charge in [0.15, 0.2) is 0 Å². The van der Waals surface area contributed by atoms with Crippen molar-refractivity contribution >= 4 is 11.8 Å². The minimum absolute atomic E-state index is 0.122. The van der Waals surface area contributed by atoms with Gasteiger partial charge in [-0.3, -0.25) is 4.98 Å². The second-order valence-electron chi connectivity index (χ2n) is 2.50. The molecular weight excluding hydrogens is 175 g/mol. The zero-order chi connectivity index (χ0) is 8.97. The third-order valence-corrected chi connectivity index (χ3v) is 2.19. The second kappa shape index (κ2) is 4.42. The van der Waals surface area contributed by atoms with Crippen LogP contribution in [0.3, 0.4) is 0 Å². The van der Waals surface area contributed by atoms with E-state index in [0.29, 0.717) is 0 Å². The minimum Gasteiger partial charge on any atom is -0.323 e. The number of halogens is 1. The monoisotopic (exact) mass is 186 g/mol. The molecule has 0 fully saturated rings. The molecule has 2 N–H and O–H groups in total. The molecule has 0 aromatic carbocycles. The summed E-state index contributed by atoms with van der Waals surface area (Å²) in [5.41, 5.74) is 6.50. The van der Waals surface area contributed by atoms with Crippen LogP contribution in [-0.2, 0) is 0 Å². The smallest absolute Gasteiger partial charge is 0.141 e. The Kier molecular flexibility index (Phi) is 3.49. The van der Waals surface area contributed by atoms with E-state index in [9.17, 15) is 4.39 Å². The first-order chi connectivity index (χ1) is 5.74. The van der Waals surface area contributed by atoms with Crippen LogP contribution in [0.25, 0.3) is 0 Å². The van der Waals surface area contributed by atoms with Crippen molar-refractivity contribution < 1.29 is 4.39 Å². The Bertz CT molecular complexity index is 255. The molecule has 1 aromatic rings. The van der Waals surface area contributed by atoms with Crippen LogP contribution in [0.2, 0.25) is 0 Å². The predicted octanol–water partition coefficient (Wildman–Crippen LogP) is 1.58. The molecule has 0 aliphatic heterocycles. The molecule has 0 aliphatic carbocycles. The minimum atomic E-state index is -0.330. The average Bonchev–Trinajstić information content (AvgIpc) is 2.05. The van der Waals surface area contributed by atoms with Crippen molar-refractivity contribution in [2.45, 2.75) is 6.04 Å². The van der Waals surface area contributed by atoms with Gasteiger partial charge in [0.25, 0.3) is 0 Å². The number of hydrogen-bond acceptors (Lipinski definition) is 3. The van der Waals surface area contributed by atoms with E-state index in [1.165, 1.54) is 12.3 Å². The molecule has 0 saturated heterocycles. The Morgan fingerprint density at radius 3 is 3.00 bits per heavy atom. The summed E-state index contributed by atoms with van der Waals surface area (Å²) in [6.07, 6.45) is 4.74. The van der Waals surface area contributed by atoms with Gasteiger partial charge in [-0.25, -0.2) is 4.39 Å². The van der Waals surface area contributed by atoms with Gasteiger partial charge in [0.1, 0.15) is 5.82 Å². The van der Waals surface area contributed by atoms with E-state index in [1.807, 2.05) is 6.26 Å². The fraction of sp³-hybridized carbons (Fsp3) is 0.375. The number of nitrogens with zero attached hydrogens (tertiary/aromatic N) is 1. The number of thioether (sulfide) groups is 1. The standard InChI is InChI=1S/C8H11FN2S/c1-12-5-8(10)6-2-7(9)4-11-3-6/h2-4,8H,5,10H2,1H3. The van der Waals surface area contributed by atoms with Gasteiger partial charge in [-0.1, -0.05) is 0 Å². The van der Waals surface area contributed by atoms with Crippen LogP contribution < -0.4 is 5.73 Å². The highest BCUT2D eigenvalue weighted by molar-refractivity contribution is 7.98. The molecule has 2 nitrogen and oxygen atoms in total. The molecule has 0 amide bonds. The predicted molar refractivity (Wildman–Crippen MR) is 49.5 cm³/mol. The quantitative estimate of drug-likeness (QED) is 0.779. The summed E-state index contributed by atoms with van der Waals surface area (Å²) >= 11 is 1.64. The van der Waals surface area contributed by atoms with Crippen LogP contribution in [0.5, 0.6) is 0 Å². The molecular formula is C8H11FN2S. The number of aromatic nitrogens is 1.